The Balaban J connectivity index is 4.33. The molecule has 0 amide bonds. The van der Waals surface area contributed by atoms with Gasteiger partial charge in [-0.05, 0) is 70.6 Å². The Morgan fingerprint density at radius 1 is 0.292 bits per heavy atom. The first kappa shape index (κ1) is 62.9. The van der Waals surface area contributed by atoms with Crippen LogP contribution in [0.15, 0.2) is 24.3 Å². The van der Waals surface area contributed by atoms with E-state index in [0.717, 1.165) is 64.2 Å². The van der Waals surface area contributed by atoms with Crippen molar-refractivity contribution in [3.05, 3.63) is 24.3 Å². The summed E-state index contributed by atoms with van der Waals surface area (Å²) in [5.74, 6) is -0.865. The number of hydrogen-bond donors (Lipinski definition) is 0. The van der Waals surface area contributed by atoms with Crippen LogP contribution in [0.5, 0.6) is 0 Å². The fourth-order valence-electron chi connectivity index (χ4n) is 8.55. The van der Waals surface area contributed by atoms with Crippen LogP contribution in [0.2, 0.25) is 0 Å². The van der Waals surface area contributed by atoms with Crippen LogP contribution in [0.25, 0.3) is 0 Å². The molecule has 0 aliphatic carbocycles. The maximum Gasteiger partial charge on any atom is 0.306 e. The van der Waals surface area contributed by atoms with E-state index in [9.17, 15) is 14.4 Å². The summed E-state index contributed by atoms with van der Waals surface area (Å²) < 4.78 is 16.9. The van der Waals surface area contributed by atoms with Crippen LogP contribution in [0, 0.1) is 0 Å². The van der Waals surface area contributed by atoms with Gasteiger partial charge in [-0.2, -0.15) is 0 Å². The highest BCUT2D eigenvalue weighted by atomic mass is 16.6. The predicted octanol–water partition coefficient (Wildman–Crippen LogP) is 19.1. The lowest BCUT2D eigenvalue weighted by Gasteiger charge is -2.18. The molecule has 0 aromatic rings. The van der Waals surface area contributed by atoms with Crippen molar-refractivity contribution in [3.8, 4) is 0 Å². The van der Waals surface area contributed by atoms with Crippen LogP contribution in [-0.2, 0) is 28.6 Å². The lowest BCUT2D eigenvalue weighted by molar-refractivity contribution is -0.167. The molecule has 0 spiro atoms. The van der Waals surface area contributed by atoms with Gasteiger partial charge in [0.05, 0.1) is 0 Å². The zero-order chi connectivity index (χ0) is 47.2. The maximum absolute atomic E-state index is 12.8. The van der Waals surface area contributed by atoms with E-state index in [2.05, 4.69) is 45.1 Å². The van der Waals surface area contributed by atoms with Crippen molar-refractivity contribution in [2.24, 2.45) is 0 Å². The molecule has 0 aromatic carbocycles. The Labute approximate surface area is 404 Å². The molecule has 65 heavy (non-hydrogen) atoms. The van der Waals surface area contributed by atoms with Crippen LogP contribution < -0.4 is 0 Å². The molecule has 0 saturated heterocycles. The first-order valence-corrected chi connectivity index (χ1v) is 28.8. The minimum Gasteiger partial charge on any atom is -0.462 e. The smallest absolute Gasteiger partial charge is 0.306 e. The molecule has 0 bridgehead atoms. The van der Waals surface area contributed by atoms with E-state index >= 15 is 0 Å². The standard InChI is InChI=1S/C59H110O6/c1-4-7-10-13-16-19-22-25-27-29-31-34-37-40-43-46-49-52-58(61)64-55-56(54-63-57(60)51-48-45-42-39-36-33-24-21-18-15-12-9-6-3)65-59(62)53-50-47-44-41-38-35-32-30-28-26-23-20-17-14-11-8-5-2/h21,24,26,28,56H,4-20,22-23,25,27,29-55H2,1-3H3/b24-21-,28-26-/t56-/m1/s1. The van der Waals surface area contributed by atoms with Gasteiger partial charge in [0.2, 0.25) is 0 Å². The van der Waals surface area contributed by atoms with Gasteiger partial charge in [-0.25, -0.2) is 0 Å². The Hall–Kier alpha value is -2.11. The molecule has 6 nitrogen and oxygen atoms in total. The average molecular weight is 916 g/mol. The highest BCUT2D eigenvalue weighted by molar-refractivity contribution is 5.71. The van der Waals surface area contributed by atoms with Gasteiger partial charge in [-0.1, -0.05) is 251 Å². The molecule has 382 valence electrons. The molecule has 0 rings (SSSR count). The van der Waals surface area contributed by atoms with Crippen LogP contribution in [0.4, 0.5) is 0 Å². The minimum absolute atomic E-state index is 0.0712. The van der Waals surface area contributed by atoms with Crippen LogP contribution in [0.3, 0.4) is 0 Å². The second-order valence-electron chi connectivity index (χ2n) is 19.6. The first-order chi connectivity index (χ1) is 32.0. The summed E-state index contributed by atoms with van der Waals surface area (Å²) in [6, 6.07) is 0. The van der Waals surface area contributed by atoms with Gasteiger partial charge in [0.1, 0.15) is 13.2 Å². The third-order valence-corrected chi connectivity index (χ3v) is 12.9. The van der Waals surface area contributed by atoms with Crippen molar-refractivity contribution in [2.75, 3.05) is 13.2 Å². The normalized spacial score (nSPS) is 12.1. The van der Waals surface area contributed by atoms with Crippen LogP contribution in [-0.4, -0.2) is 37.2 Å². The fourth-order valence-corrected chi connectivity index (χ4v) is 8.55. The summed E-state index contributed by atoms with van der Waals surface area (Å²) in [7, 11) is 0. The van der Waals surface area contributed by atoms with Gasteiger partial charge in [0.25, 0.3) is 0 Å². The summed E-state index contributed by atoms with van der Waals surface area (Å²) in [5, 5.41) is 0. The van der Waals surface area contributed by atoms with E-state index in [-0.39, 0.29) is 31.1 Å². The summed E-state index contributed by atoms with van der Waals surface area (Å²) in [6.07, 6.45) is 63.1. The summed E-state index contributed by atoms with van der Waals surface area (Å²) in [5.41, 5.74) is 0. The number of esters is 3. The second-order valence-corrected chi connectivity index (χ2v) is 19.6. The Kier molecular flexibility index (Phi) is 52.7. The van der Waals surface area contributed by atoms with Gasteiger partial charge in [-0.15, -0.1) is 0 Å². The number of unbranched alkanes of at least 4 members (excludes halogenated alkanes) is 38. The predicted molar refractivity (Wildman–Crippen MR) is 279 cm³/mol. The quantitative estimate of drug-likeness (QED) is 0.0262. The number of carbonyl (C=O) groups is 3. The number of carbonyl (C=O) groups excluding carboxylic acids is 3. The molecular formula is C59H110O6. The lowest BCUT2D eigenvalue weighted by Crippen LogP contribution is -2.30. The number of allylic oxidation sites excluding steroid dienone is 4. The molecule has 0 aromatic heterocycles. The van der Waals surface area contributed by atoms with E-state index in [1.54, 1.807) is 0 Å². The summed E-state index contributed by atoms with van der Waals surface area (Å²) in [4.78, 5) is 38.1. The Bertz CT molecular complexity index is 1050. The molecule has 0 unspecified atom stereocenters. The molecule has 0 fully saturated rings. The molecule has 0 N–H and O–H groups in total. The third kappa shape index (κ3) is 52.7. The van der Waals surface area contributed by atoms with Crippen molar-refractivity contribution in [1.82, 2.24) is 0 Å². The van der Waals surface area contributed by atoms with Gasteiger partial charge in [0, 0.05) is 19.3 Å². The number of rotatable bonds is 53. The zero-order valence-corrected chi connectivity index (χ0v) is 43.8. The molecular weight excluding hydrogens is 805 g/mol. The van der Waals surface area contributed by atoms with Crippen LogP contribution >= 0.6 is 0 Å². The maximum atomic E-state index is 12.8. The summed E-state index contributed by atoms with van der Waals surface area (Å²) in [6.45, 7) is 6.66. The molecule has 0 aliphatic rings. The van der Waals surface area contributed by atoms with Gasteiger partial charge in [-0.3, -0.25) is 14.4 Å². The van der Waals surface area contributed by atoms with Crippen molar-refractivity contribution >= 4 is 17.9 Å². The first-order valence-electron chi connectivity index (χ1n) is 28.8. The second kappa shape index (κ2) is 54.5. The average Bonchev–Trinajstić information content (AvgIpc) is 3.30. The van der Waals surface area contributed by atoms with Crippen molar-refractivity contribution < 1.29 is 28.6 Å². The van der Waals surface area contributed by atoms with Gasteiger partial charge >= 0.3 is 17.9 Å². The zero-order valence-electron chi connectivity index (χ0n) is 43.8. The van der Waals surface area contributed by atoms with Crippen molar-refractivity contribution in [3.63, 3.8) is 0 Å². The molecule has 6 heteroatoms. The van der Waals surface area contributed by atoms with E-state index in [4.69, 9.17) is 14.2 Å². The van der Waals surface area contributed by atoms with E-state index in [1.807, 2.05) is 0 Å². The number of ether oxygens (including phenoxy) is 3. The van der Waals surface area contributed by atoms with E-state index in [0.29, 0.717) is 19.3 Å². The van der Waals surface area contributed by atoms with Gasteiger partial charge < -0.3 is 14.2 Å². The Morgan fingerprint density at radius 2 is 0.508 bits per heavy atom. The molecule has 1 atom stereocenters. The Morgan fingerprint density at radius 3 is 0.785 bits per heavy atom. The largest absolute Gasteiger partial charge is 0.462 e. The minimum atomic E-state index is -0.773. The monoisotopic (exact) mass is 915 g/mol. The molecule has 0 heterocycles. The van der Waals surface area contributed by atoms with Crippen LogP contribution in [0.1, 0.15) is 316 Å². The lowest BCUT2D eigenvalue weighted by atomic mass is 10.0. The molecule has 0 radical (unpaired) electrons. The highest BCUT2D eigenvalue weighted by Gasteiger charge is 2.19. The van der Waals surface area contributed by atoms with E-state index in [1.165, 1.54) is 212 Å². The summed E-state index contributed by atoms with van der Waals surface area (Å²) >= 11 is 0. The van der Waals surface area contributed by atoms with Crippen molar-refractivity contribution in [2.45, 2.75) is 322 Å². The molecule has 0 saturated carbocycles. The highest BCUT2D eigenvalue weighted by Crippen LogP contribution is 2.16. The fraction of sp³-hybridized carbons (Fsp3) is 0.881. The molecule has 0 aliphatic heterocycles. The SMILES string of the molecule is CCCCCC/C=C\CCCCCCCC(=O)OC[C@H](COC(=O)CCCCCCCCCCCCCCCCCCC)OC(=O)CCCCCCCCC/C=C\CCCCCCCC. The number of hydrogen-bond acceptors (Lipinski definition) is 6. The van der Waals surface area contributed by atoms with Gasteiger partial charge in [0.15, 0.2) is 6.10 Å². The topological polar surface area (TPSA) is 78.9 Å². The van der Waals surface area contributed by atoms with Crippen molar-refractivity contribution in [1.29, 1.82) is 0 Å². The third-order valence-electron chi connectivity index (χ3n) is 12.9. The van der Waals surface area contributed by atoms with E-state index < -0.39 is 6.10 Å².